The van der Waals surface area contributed by atoms with Crippen molar-refractivity contribution in [2.75, 3.05) is 5.32 Å². The van der Waals surface area contributed by atoms with E-state index < -0.39 is 11.1 Å². The second-order valence-electron chi connectivity index (χ2n) is 7.60. The number of amidine groups is 1. The first-order valence-electron chi connectivity index (χ1n) is 10.3. The van der Waals surface area contributed by atoms with Gasteiger partial charge in [0.2, 0.25) is 11.8 Å². The Balaban J connectivity index is 1.60. The molecular formula is C25H21ClFN3O2S. The zero-order valence-electron chi connectivity index (χ0n) is 17.8. The maximum Gasteiger partial charge on any atom is 0.238 e. The predicted molar refractivity (Wildman–Crippen MR) is 131 cm³/mol. The minimum Gasteiger partial charge on any atom is -0.325 e. The topological polar surface area (TPSA) is 61.8 Å². The molecule has 0 saturated carbocycles. The van der Waals surface area contributed by atoms with Crippen molar-refractivity contribution in [1.82, 2.24) is 4.90 Å². The number of benzene rings is 3. The number of hydrogen-bond acceptors (Lipinski definition) is 4. The van der Waals surface area contributed by atoms with Crippen LogP contribution in [0.15, 0.2) is 77.8 Å². The quantitative estimate of drug-likeness (QED) is 0.490. The summed E-state index contributed by atoms with van der Waals surface area (Å²) in [5.74, 6) is -0.974. The smallest absolute Gasteiger partial charge is 0.238 e. The summed E-state index contributed by atoms with van der Waals surface area (Å²) in [5.41, 5.74) is 2.75. The van der Waals surface area contributed by atoms with Crippen molar-refractivity contribution in [1.29, 1.82) is 0 Å². The van der Waals surface area contributed by atoms with Crippen LogP contribution in [0.4, 0.5) is 15.8 Å². The average molecular weight is 482 g/mol. The summed E-state index contributed by atoms with van der Waals surface area (Å²) in [5, 5.41) is 3.04. The van der Waals surface area contributed by atoms with Crippen LogP contribution < -0.4 is 5.32 Å². The average Bonchev–Trinajstić information content (AvgIpc) is 2.79. The number of rotatable bonds is 5. The monoisotopic (exact) mass is 481 g/mol. The molecule has 1 aliphatic rings. The van der Waals surface area contributed by atoms with Gasteiger partial charge in [-0.1, -0.05) is 65.8 Å². The molecule has 1 saturated heterocycles. The van der Waals surface area contributed by atoms with E-state index in [2.05, 4.69) is 10.3 Å². The van der Waals surface area contributed by atoms with Crippen LogP contribution >= 0.6 is 23.4 Å². The van der Waals surface area contributed by atoms with E-state index in [1.54, 1.807) is 24.3 Å². The molecule has 0 bridgehead atoms. The van der Waals surface area contributed by atoms with E-state index in [0.717, 1.165) is 11.1 Å². The van der Waals surface area contributed by atoms with Gasteiger partial charge in [0.05, 0.1) is 12.2 Å². The Morgan fingerprint density at radius 1 is 1.15 bits per heavy atom. The first-order valence-corrected chi connectivity index (χ1v) is 11.6. The molecule has 33 heavy (non-hydrogen) atoms. The minimum atomic E-state index is -0.683. The first-order chi connectivity index (χ1) is 15.9. The zero-order valence-corrected chi connectivity index (χ0v) is 19.4. The van der Waals surface area contributed by atoms with Gasteiger partial charge in [0.15, 0.2) is 5.17 Å². The van der Waals surface area contributed by atoms with Gasteiger partial charge in [-0.2, -0.15) is 0 Å². The van der Waals surface area contributed by atoms with Crippen LogP contribution in [0.2, 0.25) is 5.02 Å². The maximum atomic E-state index is 13.7. The number of aryl methyl sites for hydroxylation is 1. The number of halogens is 2. The molecule has 5 nitrogen and oxygen atoms in total. The number of amides is 2. The van der Waals surface area contributed by atoms with E-state index in [4.69, 9.17) is 11.6 Å². The zero-order chi connectivity index (χ0) is 23.4. The van der Waals surface area contributed by atoms with Crippen LogP contribution in [-0.2, 0) is 16.1 Å². The van der Waals surface area contributed by atoms with Crippen LogP contribution in [-0.4, -0.2) is 27.1 Å². The second kappa shape index (κ2) is 10.2. The molecule has 1 N–H and O–H groups in total. The molecule has 1 atom stereocenters. The van der Waals surface area contributed by atoms with Gasteiger partial charge in [-0.15, -0.1) is 0 Å². The van der Waals surface area contributed by atoms with Crippen molar-refractivity contribution in [2.24, 2.45) is 4.99 Å². The number of carbonyl (C=O) groups excluding carboxylic acids is 2. The van der Waals surface area contributed by atoms with Gasteiger partial charge in [-0.25, -0.2) is 9.38 Å². The highest BCUT2D eigenvalue weighted by atomic mass is 35.5. The number of nitrogens with zero attached hydrogens (tertiary/aromatic N) is 2. The fourth-order valence-electron chi connectivity index (χ4n) is 3.31. The second-order valence-corrected chi connectivity index (χ2v) is 9.18. The Labute approximate surface area is 200 Å². The lowest BCUT2D eigenvalue weighted by Crippen LogP contribution is -2.44. The molecule has 8 heteroatoms. The lowest BCUT2D eigenvalue weighted by atomic mass is 10.2. The van der Waals surface area contributed by atoms with Gasteiger partial charge in [-0.05, 0) is 48.4 Å². The van der Waals surface area contributed by atoms with Crippen LogP contribution in [0, 0.1) is 12.7 Å². The van der Waals surface area contributed by atoms with Crippen molar-refractivity contribution < 1.29 is 14.0 Å². The number of nitrogens with one attached hydrogen (secondary N) is 1. The number of aliphatic imine (C=N–C) groups is 1. The van der Waals surface area contributed by atoms with E-state index in [1.807, 2.05) is 43.3 Å². The van der Waals surface area contributed by atoms with E-state index in [-0.39, 0.29) is 18.2 Å². The third-order valence-electron chi connectivity index (χ3n) is 5.09. The molecule has 0 unspecified atom stereocenters. The number of carbonyl (C=O) groups is 2. The van der Waals surface area contributed by atoms with E-state index in [0.29, 0.717) is 28.1 Å². The SMILES string of the molecule is Cc1ccc(NC(=O)[C@H]2CC(=O)N(Cc3ccccc3)C(=Nc3cccc(F)c3)S2)cc1Cl. The van der Waals surface area contributed by atoms with Crippen LogP contribution in [0.25, 0.3) is 0 Å². The molecule has 4 rings (SSSR count). The first kappa shape index (κ1) is 23.0. The molecule has 0 radical (unpaired) electrons. The molecule has 2 amide bonds. The van der Waals surface area contributed by atoms with Gasteiger partial charge in [0, 0.05) is 17.1 Å². The van der Waals surface area contributed by atoms with Crippen molar-refractivity contribution in [3.05, 3.63) is 94.8 Å². The fraction of sp³-hybridized carbons (Fsp3) is 0.160. The summed E-state index contributed by atoms with van der Waals surface area (Å²) in [6.07, 6.45) is 0.0189. The van der Waals surface area contributed by atoms with Crippen molar-refractivity contribution in [3.8, 4) is 0 Å². The lowest BCUT2D eigenvalue weighted by molar-refractivity contribution is -0.129. The molecule has 0 spiro atoms. The predicted octanol–water partition coefficient (Wildman–Crippen LogP) is 5.95. The molecule has 3 aromatic rings. The van der Waals surface area contributed by atoms with Crippen molar-refractivity contribution in [3.63, 3.8) is 0 Å². The molecule has 0 aromatic heterocycles. The summed E-state index contributed by atoms with van der Waals surface area (Å²) in [6.45, 7) is 2.18. The Morgan fingerprint density at radius 2 is 1.94 bits per heavy atom. The van der Waals surface area contributed by atoms with E-state index in [9.17, 15) is 14.0 Å². The Bertz CT molecular complexity index is 1220. The Morgan fingerprint density at radius 3 is 2.67 bits per heavy atom. The molecule has 0 aliphatic carbocycles. The van der Waals surface area contributed by atoms with Crippen molar-refractivity contribution in [2.45, 2.75) is 25.1 Å². The molecule has 3 aromatic carbocycles. The standard InChI is InChI=1S/C25H21ClFN3O2S/c1-16-10-11-20(13-21(16)26)28-24(32)22-14-23(31)30(15-17-6-3-2-4-7-17)25(33-22)29-19-9-5-8-18(27)12-19/h2-13,22H,14-15H2,1H3,(H,28,32)/t22-/m1/s1. The third kappa shape index (κ3) is 5.80. The molecule has 168 valence electrons. The van der Waals surface area contributed by atoms with Crippen LogP contribution in [0.1, 0.15) is 17.5 Å². The van der Waals surface area contributed by atoms with Gasteiger partial charge in [0.25, 0.3) is 0 Å². The molecule has 1 heterocycles. The number of anilines is 1. The highest BCUT2D eigenvalue weighted by molar-refractivity contribution is 8.15. The number of hydrogen-bond donors (Lipinski definition) is 1. The van der Waals surface area contributed by atoms with Crippen LogP contribution in [0.3, 0.4) is 0 Å². The third-order valence-corrected chi connectivity index (χ3v) is 6.68. The summed E-state index contributed by atoms with van der Waals surface area (Å²) < 4.78 is 13.7. The van der Waals surface area contributed by atoms with E-state index >= 15 is 0 Å². The summed E-state index contributed by atoms with van der Waals surface area (Å²) in [6, 6.07) is 20.6. The largest absolute Gasteiger partial charge is 0.325 e. The van der Waals surface area contributed by atoms with Gasteiger partial charge < -0.3 is 5.32 Å². The highest BCUT2D eigenvalue weighted by Crippen LogP contribution is 2.31. The normalized spacial score (nSPS) is 17.3. The molecule has 1 aliphatic heterocycles. The summed E-state index contributed by atoms with van der Waals surface area (Å²) >= 11 is 7.35. The van der Waals surface area contributed by atoms with Gasteiger partial charge in [-0.3, -0.25) is 14.5 Å². The Hall–Kier alpha value is -3.16. The van der Waals surface area contributed by atoms with E-state index in [1.165, 1.54) is 28.8 Å². The Kier molecular flexibility index (Phi) is 7.11. The fourth-order valence-corrected chi connectivity index (χ4v) is 4.59. The lowest BCUT2D eigenvalue weighted by Gasteiger charge is -2.32. The van der Waals surface area contributed by atoms with Crippen molar-refractivity contribution >= 4 is 51.7 Å². The molecular weight excluding hydrogens is 461 g/mol. The maximum absolute atomic E-state index is 13.7. The number of thioether (sulfide) groups is 1. The molecule has 1 fully saturated rings. The summed E-state index contributed by atoms with van der Waals surface area (Å²) in [7, 11) is 0. The van der Waals surface area contributed by atoms with Gasteiger partial charge in [0.1, 0.15) is 11.1 Å². The summed E-state index contributed by atoms with van der Waals surface area (Å²) in [4.78, 5) is 32.1. The van der Waals surface area contributed by atoms with Gasteiger partial charge >= 0.3 is 0 Å². The minimum absolute atomic E-state index is 0.0189. The highest BCUT2D eigenvalue weighted by Gasteiger charge is 2.36. The van der Waals surface area contributed by atoms with Crippen LogP contribution in [0.5, 0.6) is 0 Å².